The number of pyridine rings is 1. The zero-order valence-electron chi connectivity index (χ0n) is 16.3. The number of para-hydroxylation sites is 1. The Balaban J connectivity index is 1.74. The summed E-state index contributed by atoms with van der Waals surface area (Å²) in [6, 6.07) is 11.2. The van der Waals surface area contributed by atoms with Gasteiger partial charge < -0.3 is 10.0 Å². The number of hydrogen-bond acceptors (Lipinski definition) is 4. The molecule has 0 spiro atoms. The number of carboxylic acids is 1. The summed E-state index contributed by atoms with van der Waals surface area (Å²) in [6.07, 6.45) is 3.72. The Kier molecular flexibility index (Phi) is 4.08. The van der Waals surface area contributed by atoms with Crippen LogP contribution in [0.2, 0.25) is 0 Å². The summed E-state index contributed by atoms with van der Waals surface area (Å²) >= 11 is 0. The van der Waals surface area contributed by atoms with Crippen LogP contribution in [0.1, 0.15) is 54.7 Å². The molecule has 0 atom stereocenters. The van der Waals surface area contributed by atoms with E-state index in [0.717, 1.165) is 41.7 Å². The van der Waals surface area contributed by atoms with Gasteiger partial charge in [0.25, 0.3) is 0 Å². The first-order chi connectivity index (χ1) is 14.0. The predicted molar refractivity (Wildman–Crippen MR) is 109 cm³/mol. The molecule has 0 amide bonds. The summed E-state index contributed by atoms with van der Waals surface area (Å²) < 4.78 is 16.4. The van der Waals surface area contributed by atoms with E-state index in [4.69, 9.17) is 5.10 Å². The van der Waals surface area contributed by atoms with Crippen LogP contribution in [0.3, 0.4) is 0 Å². The van der Waals surface area contributed by atoms with Crippen molar-refractivity contribution in [3.8, 4) is 5.69 Å². The lowest BCUT2D eigenvalue weighted by Crippen LogP contribution is -2.59. The maximum absolute atomic E-state index is 14.6. The first kappa shape index (κ1) is 18.1. The molecule has 1 saturated heterocycles. The minimum absolute atomic E-state index is 0.0439. The van der Waals surface area contributed by atoms with E-state index >= 15 is 0 Å². The fourth-order valence-corrected chi connectivity index (χ4v) is 4.23. The van der Waals surface area contributed by atoms with E-state index in [2.05, 4.69) is 4.98 Å². The van der Waals surface area contributed by atoms with Gasteiger partial charge in [-0.05, 0) is 37.5 Å². The maximum Gasteiger partial charge on any atom is 0.354 e. The third-order valence-electron chi connectivity index (χ3n) is 6.28. The van der Waals surface area contributed by atoms with E-state index < -0.39 is 11.6 Å². The summed E-state index contributed by atoms with van der Waals surface area (Å²) in [5.41, 5.74) is 1.78. The van der Waals surface area contributed by atoms with Gasteiger partial charge in [0.1, 0.15) is 5.67 Å². The van der Waals surface area contributed by atoms with Crippen molar-refractivity contribution in [2.75, 3.05) is 18.0 Å². The second-order valence-corrected chi connectivity index (χ2v) is 8.15. The van der Waals surface area contributed by atoms with E-state index in [1.807, 2.05) is 42.2 Å². The van der Waals surface area contributed by atoms with Gasteiger partial charge in [-0.1, -0.05) is 31.5 Å². The van der Waals surface area contributed by atoms with Crippen molar-refractivity contribution < 1.29 is 14.3 Å². The number of fused-ring (bicyclic) bond motifs is 1. The molecule has 1 aliphatic carbocycles. The van der Waals surface area contributed by atoms with Crippen molar-refractivity contribution in [1.29, 1.82) is 0 Å². The number of halogens is 1. The predicted octanol–water partition coefficient (Wildman–Crippen LogP) is 4.32. The number of aromatic carboxylic acids is 1. The molecule has 7 heteroatoms. The zero-order valence-corrected chi connectivity index (χ0v) is 16.3. The highest BCUT2D eigenvalue weighted by atomic mass is 19.1. The molecule has 1 aromatic carbocycles. The number of carbonyl (C=O) groups is 1. The van der Waals surface area contributed by atoms with Gasteiger partial charge in [0, 0.05) is 5.92 Å². The topological polar surface area (TPSA) is 71.2 Å². The lowest BCUT2D eigenvalue weighted by molar-refractivity contribution is 0.0691. The molecule has 2 fully saturated rings. The number of aromatic nitrogens is 3. The molecule has 0 bridgehead atoms. The molecule has 1 saturated carbocycles. The Morgan fingerprint density at radius 2 is 2.00 bits per heavy atom. The molecular weight excluding hydrogens is 371 g/mol. The zero-order chi connectivity index (χ0) is 20.2. The highest BCUT2D eigenvalue weighted by Gasteiger charge is 2.43. The van der Waals surface area contributed by atoms with Crippen LogP contribution < -0.4 is 4.90 Å². The lowest BCUT2D eigenvalue weighted by Gasteiger charge is -2.46. The van der Waals surface area contributed by atoms with Gasteiger partial charge in [0.15, 0.2) is 11.3 Å². The minimum Gasteiger partial charge on any atom is -0.477 e. The second-order valence-electron chi connectivity index (χ2n) is 8.15. The fraction of sp³-hybridized carbons (Fsp3) is 0.409. The summed E-state index contributed by atoms with van der Waals surface area (Å²) in [5, 5.41) is 15.4. The standard InChI is InChI=1S/C22H23FN4O2/c1-2-22(23)12-26(13-22)17-11-16(21(28)29)24-20-18(17)19(14-7-6-8-14)25-27(20)15-9-4-3-5-10-15/h3-5,9-11,14H,2,6-8,12-13H2,1H3,(H,28,29). The van der Waals surface area contributed by atoms with Crippen molar-refractivity contribution in [3.05, 3.63) is 47.8 Å². The van der Waals surface area contributed by atoms with Gasteiger partial charge >= 0.3 is 5.97 Å². The Morgan fingerprint density at radius 1 is 1.28 bits per heavy atom. The van der Waals surface area contributed by atoms with Crippen molar-refractivity contribution in [2.24, 2.45) is 0 Å². The monoisotopic (exact) mass is 394 g/mol. The minimum atomic E-state index is -1.22. The quantitative estimate of drug-likeness (QED) is 0.698. The molecule has 0 unspecified atom stereocenters. The SMILES string of the molecule is CCC1(F)CN(c2cc(C(=O)O)nc3c2c(C2CCC2)nn3-c2ccccc2)C1. The first-order valence-electron chi connectivity index (χ1n) is 10.2. The van der Waals surface area contributed by atoms with Gasteiger partial charge in [-0.15, -0.1) is 0 Å². The molecular formula is C22H23FN4O2. The van der Waals surface area contributed by atoms with E-state index in [0.29, 0.717) is 18.0 Å². The van der Waals surface area contributed by atoms with Gasteiger partial charge in [-0.25, -0.2) is 18.9 Å². The highest BCUT2D eigenvalue weighted by Crippen LogP contribution is 2.44. The molecule has 2 aliphatic rings. The maximum atomic E-state index is 14.6. The van der Waals surface area contributed by atoms with Crippen LogP contribution in [-0.4, -0.2) is 44.6 Å². The van der Waals surface area contributed by atoms with Crippen LogP contribution in [0.25, 0.3) is 16.7 Å². The van der Waals surface area contributed by atoms with Crippen LogP contribution in [0.5, 0.6) is 0 Å². The molecule has 2 aromatic heterocycles. The van der Waals surface area contributed by atoms with Crippen molar-refractivity contribution in [2.45, 2.75) is 44.2 Å². The summed E-state index contributed by atoms with van der Waals surface area (Å²) in [4.78, 5) is 18.2. The van der Waals surface area contributed by atoms with Gasteiger partial charge in [0.05, 0.1) is 35.5 Å². The Labute approximate surface area is 168 Å². The number of anilines is 1. The number of rotatable bonds is 5. The number of nitrogens with zero attached hydrogens (tertiary/aromatic N) is 4. The van der Waals surface area contributed by atoms with Crippen molar-refractivity contribution in [1.82, 2.24) is 14.8 Å². The molecule has 0 radical (unpaired) electrons. The van der Waals surface area contributed by atoms with Crippen LogP contribution in [0, 0.1) is 0 Å². The molecule has 29 heavy (non-hydrogen) atoms. The number of benzene rings is 1. The third-order valence-corrected chi connectivity index (χ3v) is 6.28. The van der Waals surface area contributed by atoms with E-state index in [-0.39, 0.29) is 18.8 Å². The largest absolute Gasteiger partial charge is 0.477 e. The fourth-order valence-electron chi connectivity index (χ4n) is 4.23. The normalized spacial score (nSPS) is 18.5. The highest BCUT2D eigenvalue weighted by molar-refractivity contribution is 5.99. The Bertz CT molecular complexity index is 1090. The lowest BCUT2D eigenvalue weighted by atomic mass is 9.81. The smallest absolute Gasteiger partial charge is 0.354 e. The molecule has 150 valence electrons. The number of carboxylic acid groups (broad SMARTS) is 1. The van der Waals surface area contributed by atoms with Crippen molar-refractivity contribution in [3.63, 3.8) is 0 Å². The molecule has 3 aromatic rings. The Morgan fingerprint density at radius 3 is 2.59 bits per heavy atom. The van der Waals surface area contributed by atoms with Crippen LogP contribution in [0.15, 0.2) is 36.4 Å². The van der Waals surface area contributed by atoms with Gasteiger partial charge in [0.2, 0.25) is 0 Å². The van der Waals surface area contributed by atoms with Gasteiger partial charge in [-0.2, -0.15) is 5.10 Å². The summed E-state index contributed by atoms with van der Waals surface area (Å²) in [7, 11) is 0. The first-order valence-corrected chi connectivity index (χ1v) is 10.2. The second kappa shape index (κ2) is 6.54. The van der Waals surface area contributed by atoms with Crippen molar-refractivity contribution >= 4 is 22.7 Å². The van der Waals surface area contributed by atoms with Crippen LogP contribution in [-0.2, 0) is 0 Å². The van der Waals surface area contributed by atoms with Crippen LogP contribution >= 0.6 is 0 Å². The number of alkyl halides is 1. The number of hydrogen-bond donors (Lipinski definition) is 1. The molecule has 5 rings (SSSR count). The summed E-state index contributed by atoms with van der Waals surface area (Å²) in [6.45, 7) is 2.37. The van der Waals surface area contributed by atoms with E-state index in [1.165, 1.54) is 0 Å². The molecule has 6 nitrogen and oxygen atoms in total. The average Bonchev–Trinajstić information content (AvgIpc) is 3.03. The van der Waals surface area contributed by atoms with Crippen LogP contribution in [0.4, 0.5) is 10.1 Å². The van der Waals surface area contributed by atoms with E-state index in [9.17, 15) is 14.3 Å². The van der Waals surface area contributed by atoms with Gasteiger partial charge in [-0.3, -0.25) is 0 Å². The molecule has 1 aliphatic heterocycles. The Hall–Kier alpha value is -2.96. The van der Waals surface area contributed by atoms with E-state index in [1.54, 1.807) is 10.7 Å². The molecule has 1 N–H and O–H groups in total. The summed E-state index contributed by atoms with van der Waals surface area (Å²) in [5.74, 6) is -0.761. The third kappa shape index (κ3) is 2.87. The molecule has 3 heterocycles. The average molecular weight is 394 g/mol.